The van der Waals surface area contributed by atoms with E-state index in [4.69, 9.17) is 0 Å². The Balaban J connectivity index is 0.000000315. The van der Waals surface area contributed by atoms with Gasteiger partial charge in [-0.05, 0) is 17.7 Å². The summed E-state index contributed by atoms with van der Waals surface area (Å²) in [4.78, 5) is 0. The Morgan fingerprint density at radius 2 is 1.90 bits per heavy atom. The van der Waals surface area contributed by atoms with Crippen molar-refractivity contribution >= 4 is 15.9 Å². The van der Waals surface area contributed by atoms with E-state index in [-0.39, 0.29) is 5.82 Å². The molecular weight excluding hydrogens is 328 g/mol. The van der Waals surface area contributed by atoms with Crippen LogP contribution in [0.2, 0.25) is 0 Å². The number of hydrogen-bond acceptors (Lipinski definition) is 2. The number of benzene rings is 1. The molecule has 1 aromatic carbocycles. The van der Waals surface area contributed by atoms with Gasteiger partial charge in [0.25, 0.3) is 0 Å². The van der Waals surface area contributed by atoms with Crippen molar-refractivity contribution in [1.29, 1.82) is 0 Å². The highest BCUT2D eigenvalue weighted by molar-refractivity contribution is 9.10. The summed E-state index contributed by atoms with van der Waals surface area (Å²) in [6.45, 7) is -2.60. The molecule has 1 aliphatic carbocycles. The maximum absolute atomic E-state index is 12.5. The fourth-order valence-electron chi connectivity index (χ4n) is 1.64. The number of hydrogen-bond donors (Lipinski definition) is 0. The molecule has 0 saturated heterocycles. The van der Waals surface area contributed by atoms with Crippen LogP contribution in [0.3, 0.4) is 0 Å². The highest BCUT2D eigenvalue weighted by Gasteiger charge is 2.12. The first kappa shape index (κ1) is 15.1. The van der Waals surface area contributed by atoms with Crippen molar-refractivity contribution < 1.29 is 8.78 Å². The third-order valence-corrected chi connectivity index (χ3v) is 3.60. The third-order valence-electron chi connectivity index (χ3n) is 3.11. The molecule has 108 valence electrons. The van der Waals surface area contributed by atoms with Crippen LogP contribution in [0.1, 0.15) is 43.6 Å². The van der Waals surface area contributed by atoms with E-state index >= 15 is 0 Å². The molecule has 0 radical (unpaired) electrons. The second-order valence-corrected chi connectivity index (χ2v) is 5.57. The van der Waals surface area contributed by atoms with E-state index in [0.717, 1.165) is 20.9 Å². The maximum atomic E-state index is 12.5. The lowest BCUT2D eigenvalue weighted by molar-refractivity contribution is 0.0670. The van der Waals surface area contributed by atoms with E-state index in [1.54, 1.807) is 0 Å². The Labute approximate surface area is 125 Å². The summed E-state index contributed by atoms with van der Waals surface area (Å²) in [7, 11) is 0. The molecule has 0 unspecified atom stereocenters. The average molecular weight is 344 g/mol. The predicted octanol–water partition coefficient (Wildman–Crippen LogP) is 4.59. The second-order valence-electron chi connectivity index (χ2n) is 4.65. The first-order chi connectivity index (χ1) is 9.66. The van der Waals surface area contributed by atoms with Gasteiger partial charge in [0.1, 0.15) is 12.2 Å². The molecule has 3 nitrogen and oxygen atoms in total. The van der Waals surface area contributed by atoms with Crippen LogP contribution in [0.25, 0.3) is 0 Å². The van der Waals surface area contributed by atoms with Gasteiger partial charge in [-0.15, -0.1) is 10.2 Å². The molecule has 2 aromatic rings. The standard InChI is InChI=1S/C10H8BrF2N3.C4H8/c11-8-3-1-2-7(4-8)5-9-15-14-6-16(9)10(12)13;1-2-4-3-1/h1-4,6,10H,5H2;1-4H2. The van der Waals surface area contributed by atoms with Crippen molar-refractivity contribution in [2.45, 2.75) is 38.7 Å². The molecule has 3 rings (SSSR count). The van der Waals surface area contributed by atoms with Crippen LogP contribution in [0.15, 0.2) is 35.1 Å². The fourth-order valence-corrected chi connectivity index (χ4v) is 2.08. The predicted molar refractivity (Wildman–Crippen MR) is 76.7 cm³/mol. The van der Waals surface area contributed by atoms with E-state index in [1.165, 1.54) is 25.7 Å². The van der Waals surface area contributed by atoms with Crippen LogP contribution in [0, 0.1) is 0 Å². The number of aromatic nitrogens is 3. The van der Waals surface area contributed by atoms with Crippen LogP contribution >= 0.6 is 15.9 Å². The molecule has 1 aliphatic rings. The van der Waals surface area contributed by atoms with E-state index in [0.29, 0.717) is 6.42 Å². The number of halogens is 3. The SMILES string of the molecule is C1CCC1.FC(F)n1cnnc1Cc1cccc(Br)c1. The summed E-state index contributed by atoms with van der Waals surface area (Å²) in [5, 5.41) is 7.16. The Kier molecular flexibility index (Phi) is 5.64. The average Bonchev–Trinajstić information content (AvgIpc) is 2.75. The first-order valence-corrected chi connectivity index (χ1v) is 7.37. The van der Waals surface area contributed by atoms with Gasteiger partial charge in [0.2, 0.25) is 0 Å². The van der Waals surface area contributed by atoms with Crippen molar-refractivity contribution in [3.05, 3.63) is 46.5 Å². The molecule has 1 saturated carbocycles. The summed E-state index contributed by atoms with van der Waals surface area (Å²) in [5.74, 6) is 0.258. The van der Waals surface area contributed by atoms with E-state index < -0.39 is 6.55 Å². The van der Waals surface area contributed by atoms with Gasteiger partial charge < -0.3 is 0 Å². The zero-order valence-electron chi connectivity index (χ0n) is 11.0. The minimum Gasteiger partial charge on any atom is -0.259 e. The largest absolute Gasteiger partial charge is 0.321 e. The zero-order chi connectivity index (χ0) is 14.4. The molecule has 0 atom stereocenters. The molecule has 1 aromatic heterocycles. The lowest BCUT2D eigenvalue weighted by Gasteiger charge is -2.05. The van der Waals surface area contributed by atoms with Gasteiger partial charge in [-0.1, -0.05) is 53.7 Å². The fraction of sp³-hybridized carbons (Fsp3) is 0.429. The topological polar surface area (TPSA) is 30.7 Å². The smallest absolute Gasteiger partial charge is 0.259 e. The normalized spacial score (nSPS) is 13.6. The summed E-state index contributed by atoms with van der Waals surface area (Å²) in [6, 6.07) is 7.45. The molecular formula is C14H16BrF2N3. The Morgan fingerprint density at radius 3 is 2.45 bits per heavy atom. The van der Waals surface area contributed by atoms with Gasteiger partial charge in [0.05, 0.1) is 0 Å². The molecule has 20 heavy (non-hydrogen) atoms. The van der Waals surface area contributed by atoms with E-state index in [1.807, 2.05) is 24.3 Å². The van der Waals surface area contributed by atoms with Crippen molar-refractivity contribution in [3.8, 4) is 0 Å². The number of rotatable bonds is 3. The van der Waals surface area contributed by atoms with Crippen LogP contribution in [0.5, 0.6) is 0 Å². The summed E-state index contributed by atoms with van der Waals surface area (Å²) < 4.78 is 26.7. The Hall–Kier alpha value is -1.30. The summed E-state index contributed by atoms with van der Waals surface area (Å²) in [6.07, 6.45) is 7.38. The van der Waals surface area contributed by atoms with Gasteiger partial charge in [-0.2, -0.15) is 8.78 Å². The molecule has 0 aliphatic heterocycles. The van der Waals surface area contributed by atoms with Gasteiger partial charge in [-0.3, -0.25) is 4.57 Å². The molecule has 1 heterocycles. The monoisotopic (exact) mass is 343 g/mol. The van der Waals surface area contributed by atoms with Crippen LogP contribution in [-0.4, -0.2) is 14.8 Å². The second kappa shape index (κ2) is 7.47. The van der Waals surface area contributed by atoms with Gasteiger partial charge >= 0.3 is 6.55 Å². The van der Waals surface area contributed by atoms with E-state index in [2.05, 4.69) is 26.1 Å². The minimum atomic E-state index is -2.60. The number of nitrogens with zero attached hydrogens (tertiary/aromatic N) is 3. The van der Waals surface area contributed by atoms with Crippen molar-refractivity contribution in [2.75, 3.05) is 0 Å². The van der Waals surface area contributed by atoms with Crippen molar-refractivity contribution in [2.24, 2.45) is 0 Å². The summed E-state index contributed by atoms with van der Waals surface area (Å²) >= 11 is 3.32. The quantitative estimate of drug-likeness (QED) is 0.816. The zero-order valence-corrected chi connectivity index (χ0v) is 12.6. The Morgan fingerprint density at radius 1 is 1.20 bits per heavy atom. The van der Waals surface area contributed by atoms with Crippen molar-refractivity contribution in [1.82, 2.24) is 14.8 Å². The van der Waals surface area contributed by atoms with Crippen LogP contribution in [0.4, 0.5) is 8.78 Å². The van der Waals surface area contributed by atoms with E-state index in [9.17, 15) is 8.78 Å². The molecule has 0 N–H and O–H groups in total. The Bertz CT molecular complexity index is 535. The highest BCUT2D eigenvalue weighted by Crippen LogP contribution is 2.17. The van der Waals surface area contributed by atoms with Gasteiger partial charge in [0.15, 0.2) is 0 Å². The molecule has 0 spiro atoms. The number of alkyl halides is 2. The maximum Gasteiger partial charge on any atom is 0.321 e. The van der Waals surface area contributed by atoms with Crippen LogP contribution in [-0.2, 0) is 6.42 Å². The third kappa shape index (κ3) is 4.37. The van der Waals surface area contributed by atoms with Gasteiger partial charge in [-0.25, -0.2) is 0 Å². The molecule has 0 amide bonds. The highest BCUT2D eigenvalue weighted by atomic mass is 79.9. The van der Waals surface area contributed by atoms with Crippen LogP contribution < -0.4 is 0 Å². The first-order valence-electron chi connectivity index (χ1n) is 6.58. The minimum absolute atomic E-state index is 0.258. The van der Waals surface area contributed by atoms with Crippen molar-refractivity contribution in [3.63, 3.8) is 0 Å². The lowest BCUT2D eigenvalue weighted by Crippen LogP contribution is -2.04. The van der Waals surface area contributed by atoms with Gasteiger partial charge in [0, 0.05) is 10.9 Å². The lowest BCUT2D eigenvalue weighted by atomic mass is 10.0. The molecule has 0 bridgehead atoms. The summed E-state index contributed by atoms with van der Waals surface area (Å²) in [5.41, 5.74) is 0.907. The molecule has 6 heteroatoms. The molecule has 1 fully saturated rings.